The molecule has 0 aromatic rings. The Morgan fingerprint density at radius 2 is 1.74 bits per heavy atom. The number of hydrogen-bond acceptors (Lipinski definition) is 3. The Balaban J connectivity index is 1.78. The van der Waals surface area contributed by atoms with E-state index in [4.69, 9.17) is 14.0 Å². The molecule has 0 aromatic carbocycles. The van der Waals surface area contributed by atoms with Crippen LogP contribution in [0.2, 0.25) is 0 Å². The fourth-order valence-electron chi connectivity index (χ4n) is 2.78. The number of rotatable bonds is 10. The molecule has 2 aliphatic rings. The van der Waals surface area contributed by atoms with Crippen molar-refractivity contribution in [2.24, 2.45) is 5.92 Å². The summed E-state index contributed by atoms with van der Waals surface area (Å²) < 4.78 is 17.4. The number of unbranched alkanes of at least 4 members (excludes halogenated alkanes) is 2. The first-order chi connectivity index (χ1) is 9.33. The normalized spacial score (nSPS) is 21.3. The van der Waals surface area contributed by atoms with Crippen LogP contribution >= 0.6 is 0 Å². The first kappa shape index (κ1) is 14.9. The molecule has 0 heterocycles. The zero-order chi connectivity index (χ0) is 13.5. The van der Waals surface area contributed by atoms with Gasteiger partial charge in [-0.1, -0.05) is 26.7 Å². The molecule has 3 nitrogen and oxygen atoms in total. The van der Waals surface area contributed by atoms with Crippen LogP contribution < -0.4 is 0 Å². The van der Waals surface area contributed by atoms with Gasteiger partial charge in [-0.3, -0.25) is 0 Å². The fourth-order valence-corrected chi connectivity index (χ4v) is 2.78. The Bertz CT molecular complexity index is 294. The minimum Gasteiger partial charge on any atom is -0.515 e. The Hall–Kier alpha value is -0.475. The number of allylic oxidation sites excluding steroid dienone is 2. The van der Waals surface area contributed by atoms with Crippen molar-refractivity contribution >= 4 is 7.32 Å². The summed E-state index contributed by atoms with van der Waals surface area (Å²) in [6.45, 7) is 5.77. The molecule has 0 radical (unpaired) electrons. The Morgan fingerprint density at radius 3 is 2.21 bits per heavy atom. The van der Waals surface area contributed by atoms with Crippen LogP contribution in [-0.4, -0.2) is 20.5 Å². The van der Waals surface area contributed by atoms with E-state index >= 15 is 0 Å². The van der Waals surface area contributed by atoms with Gasteiger partial charge in [0.2, 0.25) is 0 Å². The highest BCUT2D eigenvalue weighted by molar-refractivity contribution is 6.36. The zero-order valence-electron chi connectivity index (χ0n) is 12.5. The predicted octanol–water partition coefficient (Wildman–Crippen LogP) is 4.08. The molecule has 0 aliphatic heterocycles. The van der Waals surface area contributed by atoms with Crippen molar-refractivity contribution in [1.82, 2.24) is 0 Å². The van der Waals surface area contributed by atoms with Crippen molar-refractivity contribution in [1.29, 1.82) is 0 Å². The van der Waals surface area contributed by atoms with E-state index in [0.29, 0.717) is 0 Å². The molecule has 2 bridgehead atoms. The molecule has 0 spiro atoms. The molecule has 1 saturated carbocycles. The first-order valence-corrected chi connectivity index (χ1v) is 7.94. The molecule has 19 heavy (non-hydrogen) atoms. The lowest BCUT2D eigenvalue weighted by molar-refractivity contribution is 0.110. The van der Waals surface area contributed by atoms with E-state index in [2.05, 4.69) is 13.8 Å². The van der Waals surface area contributed by atoms with Crippen LogP contribution in [0, 0.1) is 5.92 Å². The third-order valence-electron chi connectivity index (χ3n) is 4.00. The maximum Gasteiger partial charge on any atom is 0.712 e. The van der Waals surface area contributed by atoms with Gasteiger partial charge in [0.15, 0.2) is 0 Å². The topological polar surface area (TPSA) is 27.7 Å². The molecule has 2 aliphatic carbocycles. The number of hydrogen-bond donors (Lipinski definition) is 0. The van der Waals surface area contributed by atoms with Crippen LogP contribution in [0.15, 0.2) is 11.3 Å². The summed E-state index contributed by atoms with van der Waals surface area (Å²) in [5.41, 5.74) is 1.51. The van der Waals surface area contributed by atoms with Crippen molar-refractivity contribution in [3.63, 3.8) is 0 Å². The molecule has 1 fully saturated rings. The van der Waals surface area contributed by atoms with Crippen LogP contribution in [-0.2, 0) is 14.0 Å². The zero-order valence-corrected chi connectivity index (χ0v) is 12.5. The standard InChI is InChI=1S/C15H27BO3/c1-3-5-9-17-16(18-10-6-4-2)19-15-12-13-7-8-14(15)11-13/h13H,3-12H2,1-2H3. The third kappa shape index (κ3) is 4.53. The molecule has 0 N–H and O–H groups in total. The van der Waals surface area contributed by atoms with Crippen LogP contribution in [0.25, 0.3) is 0 Å². The fraction of sp³-hybridized carbons (Fsp3) is 0.867. The van der Waals surface area contributed by atoms with Gasteiger partial charge < -0.3 is 14.0 Å². The Kier molecular flexibility index (Phi) is 6.25. The van der Waals surface area contributed by atoms with Gasteiger partial charge in [0.25, 0.3) is 0 Å². The van der Waals surface area contributed by atoms with E-state index in [1.807, 2.05) is 0 Å². The highest BCUT2D eigenvalue weighted by Crippen LogP contribution is 2.44. The lowest BCUT2D eigenvalue weighted by Gasteiger charge is -2.19. The average molecular weight is 266 g/mol. The summed E-state index contributed by atoms with van der Waals surface area (Å²) in [5.74, 6) is 1.99. The third-order valence-corrected chi connectivity index (χ3v) is 4.00. The highest BCUT2D eigenvalue weighted by atomic mass is 16.7. The van der Waals surface area contributed by atoms with Gasteiger partial charge >= 0.3 is 7.32 Å². The summed E-state index contributed by atoms with van der Waals surface area (Å²) in [7, 11) is -0.486. The molecule has 0 aromatic heterocycles. The van der Waals surface area contributed by atoms with Crippen LogP contribution in [0.4, 0.5) is 0 Å². The quantitative estimate of drug-likeness (QED) is 0.440. The molecule has 4 heteroatoms. The average Bonchev–Trinajstić information content (AvgIpc) is 3.01. The van der Waals surface area contributed by atoms with Crippen molar-refractivity contribution < 1.29 is 14.0 Å². The van der Waals surface area contributed by atoms with Crippen molar-refractivity contribution in [2.75, 3.05) is 13.2 Å². The molecular formula is C15H27BO3. The summed E-state index contributed by atoms with van der Waals surface area (Å²) in [5, 5.41) is 0. The van der Waals surface area contributed by atoms with Gasteiger partial charge in [-0.05, 0) is 43.6 Å². The second-order valence-electron chi connectivity index (χ2n) is 5.69. The maximum absolute atomic E-state index is 5.97. The predicted molar refractivity (Wildman–Crippen MR) is 77.5 cm³/mol. The minimum absolute atomic E-state index is 0.486. The highest BCUT2D eigenvalue weighted by Gasteiger charge is 2.35. The van der Waals surface area contributed by atoms with Gasteiger partial charge in [-0.2, -0.15) is 0 Å². The smallest absolute Gasteiger partial charge is 0.515 e. The van der Waals surface area contributed by atoms with Crippen molar-refractivity contribution in [3.8, 4) is 0 Å². The summed E-state index contributed by atoms with van der Waals surface area (Å²) >= 11 is 0. The van der Waals surface area contributed by atoms with Crippen LogP contribution in [0.3, 0.4) is 0 Å². The SMILES string of the molecule is CCCCOB(OCCCC)OC1=C2CCC(C2)C1. The van der Waals surface area contributed by atoms with E-state index in [1.165, 1.54) is 24.8 Å². The van der Waals surface area contributed by atoms with E-state index in [-0.39, 0.29) is 0 Å². The Morgan fingerprint density at radius 1 is 1.05 bits per heavy atom. The molecule has 2 rings (SSSR count). The molecular weight excluding hydrogens is 239 g/mol. The summed E-state index contributed by atoms with van der Waals surface area (Å²) in [6.07, 6.45) is 9.30. The second-order valence-corrected chi connectivity index (χ2v) is 5.69. The van der Waals surface area contributed by atoms with E-state index in [1.54, 1.807) is 0 Å². The van der Waals surface area contributed by atoms with Crippen LogP contribution in [0.1, 0.15) is 65.2 Å². The van der Waals surface area contributed by atoms with Gasteiger partial charge in [0, 0.05) is 19.6 Å². The summed E-state index contributed by atoms with van der Waals surface area (Å²) in [4.78, 5) is 0. The monoisotopic (exact) mass is 266 g/mol. The van der Waals surface area contributed by atoms with Gasteiger partial charge in [-0.25, -0.2) is 0 Å². The van der Waals surface area contributed by atoms with E-state index in [0.717, 1.165) is 57.0 Å². The van der Waals surface area contributed by atoms with E-state index < -0.39 is 7.32 Å². The molecule has 108 valence electrons. The molecule has 1 atom stereocenters. The van der Waals surface area contributed by atoms with Crippen molar-refractivity contribution in [2.45, 2.75) is 65.2 Å². The molecule has 0 amide bonds. The lowest BCUT2D eigenvalue weighted by Crippen LogP contribution is -2.28. The maximum atomic E-state index is 5.97. The minimum atomic E-state index is -0.486. The van der Waals surface area contributed by atoms with Crippen LogP contribution in [0.5, 0.6) is 0 Å². The van der Waals surface area contributed by atoms with Gasteiger partial charge in [0.05, 0.1) is 5.76 Å². The van der Waals surface area contributed by atoms with Gasteiger partial charge in [-0.15, -0.1) is 0 Å². The summed E-state index contributed by atoms with van der Waals surface area (Å²) in [6, 6.07) is 0. The van der Waals surface area contributed by atoms with Crippen molar-refractivity contribution in [3.05, 3.63) is 11.3 Å². The lowest BCUT2D eigenvalue weighted by atomic mass is 10.0. The van der Waals surface area contributed by atoms with Gasteiger partial charge in [0.1, 0.15) is 0 Å². The Labute approximate surface area is 117 Å². The largest absolute Gasteiger partial charge is 0.712 e. The second kappa shape index (κ2) is 7.96. The number of fused-ring (bicyclic) bond motifs is 2. The molecule has 0 saturated heterocycles. The molecule has 1 unspecified atom stereocenters. The van der Waals surface area contributed by atoms with E-state index in [9.17, 15) is 0 Å². The first-order valence-electron chi connectivity index (χ1n) is 7.94.